The van der Waals surface area contributed by atoms with E-state index >= 15 is 0 Å². The fourth-order valence-corrected chi connectivity index (χ4v) is 1.23. The van der Waals surface area contributed by atoms with Crippen molar-refractivity contribution in [2.75, 3.05) is 25.5 Å². The molecule has 0 radical (unpaired) electrons. The van der Waals surface area contributed by atoms with Crippen molar-refractivity contribution in [1.82, 2.24) is 15.3 Å². The molecule has 0 aliphatic rings. The van der Waals surface area contributed by atoms with Gasteiger partial charge >= 0.3 is 5.69 Å². The Morgan fingerprint density at radius 1 is 1.56 bits per heavy atom. The lowest BCUT2D eigenvalue weighted by atomic mass is 10.4. The number of ether oxygens (including phenoxy) is 1. The van der Waals surface area contributed by atoms with Crippen LogP contribution in [0.15, 0.2) is 6.33 Å². The van der Waals surface area contributed by atoms with Gasteiger partial charge < -0.3 is 15.4 Å². The Balaban J connectivity index is 2.88. The molecule has 0 atom stereocenters. The van der Waals surface area contributed by atoms with E-state index < -0.39 is 10.6 Å². The van der Waals surface area contributed by atoms with Crippen LogP contribution in [-0.4, -0.2) is 41.0 Å². The van der Waals surface area contributed by atoms with Gasteiger partial charge in [-0.1, -0.05) is 0 Å². The van der Waals surface area contributed by atoms with E-state index in [2.05, 4.69) is 20.6 Å². The van der Waals surface area contributed by atoms with Gasteiger partial charge in [-0.05, 0) is 6.92 Å². The zero-order valence-corrected chi connectivity index (χ0v) is 9.97. The van der Waals surface area contributed by atoms with Gasteiger partial charge in [0.05, 0.1) is 18.6 Å². The van der Waals surface area contributed by atoms with Crippen molar-refractivity contribution < 1.29 is 14.5 Å². The summed E-state index contributed by atoms with van der Waals surface area (Å²) >= 11 is 0. The number of aromatic nitrogens is 2. The van der Waals surface area contributed by atoms with E-state index in [0.717, 1.165) is 6.33 Å². The Labute approximate surface area is 103 Å². The molecule has 1 aromatic heterocycles. The molecule has 9 heteroatoms. The first kappa shape index (κ1) is 13.6. The lowest BCUT2D eigenvalue weighted by Gasteiger charge is -2.07. The predicted octanol–water partition coefficient (Wildman–Crippen LogP) is -0.0586. The number of nitrogens with zero attached hydrogens (tertiary/aromatic N) is 3. The minimum Gasteiger partial charge on any atom is -0.476 e. The Bertz CT molecular complexity index is 451. The van der Waals surface area contributed by atoms with E-state index in [9.17, 15) is 14.9 Å². The van der Waals surface area contributed by atoms with Crippen LogP contribution < -0.4 is 15.4 Å². The molecule has 0 bridgehead atoms. The highest BCUT2D eigenvalue weighted by atomic mass is 16.6. The van der Waals surface area contributed by atoms with Crippen LogP contribution in [0.2, 0.25) is 0 Å². The molecule has 1 heterocycles. The highest BCUT2D eigenvalue weighted by molar-refractivity contribution is 5.81. The number of methoxy groups -OCH3 is 1. The molecule has 1 rings (SSSR count). The highest BCUT2D eigenvalue weighted by Gasteiger charge is 2.23. The lowest BCUT2D eigenvalue weighted by molar-refractivity contribution is -0.385. The largest absolute Gasteiger partial charge is 0.476 e. The lowest BCUT2D eigenvalue weighted by Crippen LogP contribution is -2.29. The summed E-state index contributed by atoms with van der Waals surface area (Å²) in [6.45, 7) is 2.14. The maximum absolute atomic E-state index is 11.2. The van der Waals surface area contributed by atoms with Gasteiger partial charge in [-0.2, -0.15) is 4.98 Å². The molecular formula is C9H13N5O4. The van der Waals surface area contributed by atoms with E-state index in [4.69, 9.17) is 4.74 Å². The molecule has 1 aromatic rings. The minimum atomic E-state index is -0.668. The molecule has 1 amide bonds. The molecule has 18 heavy (non-hydrogen) atoms. The van der Waals surface area contributed by atoms with Crippen LogP contribution in [0.1, 0.15) is 6.92 Å². The van der Waals surface area contributed by atoms with Gasteiger partial charge in [0.25, 0.3) is 5.88 Å². The molecule has 0 saturated heterocycles. The highest BCUT2D eigenvalue weighted by Crippen LogP contribution is 2.29. The monoisotopic (exact) mass is 255 g/mol. The number of carbonyl (C=O) groups is 1. The number of hydrogen-bond acceptors (Lipinski definition) is 7. The van der Waals surface area contributed by atoms with Gasteiger partial charge in [0.15, 0.2) is 0 Å². The number of nitro groups is 1. The second kappa shape index (κ2) is 6.33. The molecule has 2 N–H and O–H groups in total. The van der Waals surface area contributed by atoms with Crippen LogP contribution in [0.4, 0.5) is 11.5 Å². The summed E-state index contributed by atoms with van der Waals surface area (Å²) in [5.41, 5.74) is -0.399. The molecule has 98 valence electrons. The van der Waals surface area contributed by atoms with Crippen molar-refractivity contribution in [1.29, 1.82) is 0 Å². The third kappa shape index (κ3) is 3.27. The van der Waals surface area contributed by atoms with Crippen molar-refractivity contribution in [3.05, 3.63) is 16.4 Å². The van der Waals surface area contributed by atoms with E-state index in [0.29, 0.717) is 6.54 Å². The van der Waals surface area contributed by atoms with Gasteiger partial charge in [-0.3, -0.25) is 14.9 Å². The van der Waals surface area contributed by atoms with Crippen LogP contribution in [0.5, 0.6) is 5.88 Å². The second-order valence-corrected chi connectivity index (χ2v) is 3.14. The molecule has 0 aliphatic heterocycles. The molecule has 0 saturated carbocycles. The van der Waals surface area contributed by atoms with E-state index in [-0.39, 0.29) is 24.1 Å². The Kier molecular flexibility index (Phi) is 4.78. The predicted molar refractivity (Wildman–Crippen MR) is 62.4 cm³/mol. The smallest absolute Gasteiger partial charge is 0.372 e. The van der Waals surface area contributed by atoms with E-state index in [1.807, 2.05) is 0 Å². The quantitative estimate of drug-likeness (QED) is 0.539. The Morgan fingerprint density at radius 3 is 2.83 bits per heavy atom. The van der Waals surface area contributed by atoms with Crippen LogP contribution in [0.3, 0.4) is 0 Å². The zero-order valence-electron chi connectivity index (χ0n) is 9.97. The molecule has 0 spiro atoms. The van der Waals surface area contributed by atoms with Crippen molar-refractivity contribution in [3.63, 3.8) is 0 Å². The van der Waals surface area contributed by atoms with Gasteiger partial charge in [-0.25, -0.2) is 4.98 Å². The fraction of sp³-hybridized carbons (Fsp3) is 0.444. The first-order valence-corrected chi connectivity index (χ1v) is 5.14. The summed E-state index contributed by atoms with van der Waals surface area (Å²) in [7, 11) is 1.27. The Morgan fingerprint density at radius 2 is 2.28 bits per heavy atom. The summed E-state index contributed by atoms with van der Waals surface area (Å²) < 4.78 is 4.77. The minimum absolute atomic E-state index is 0.0573. The van der Waals surface area contributed by atoms with Gasteiger partial charge in [-0.15, -0.1) is 0 Å². The van der Waals surface area contributed by atoms with Crippen LogP contribution >= 0.6 is 0 Å². The maximum atomic E-state index is 11.2. The van der Waals surface area contributed by atoms with Crippen molar-refractivity contribution in [2.45, 2.75) is 6.92 Å². The van der Waals surface area contributed by atoms with E-state index in [1.54, 1.807) is 6.92 Å². The number of anilines is 1. The topological polar surface area (TPSA) is 119 Å². The number of nitrogens with one attached hydrogen (secondary N) is 2. The second-order valence-electron chi connectivity index (χ2n) is 3.14. The van der Waals surface area contributed by atoms with Crippen LogP contribution in [-0.2, 0) is 4.79 Å². The zero-order chi connectivity index (χ0) is 13.5. The molecule has 9 nitrogen and oxygen atoms in total. The number of rotatable bonds is 6. The molecule has 0 aliphatic carbocycles. The molecule has 0 fully saturated rings. The van der Waals surface area contributed by atoms with Crippen LogP contribution in [0, 0.1) is 10.1 Å². The summed E-state index contributed by atoms with van der Waals surface area (Å²) in [5, 5.41) is 16.0. The third-order valence-electron chi connectivity index (χ3n) is 1.95. The maximum Gasteiger partial charge on any atom is 0.372 e. The van der Waals surface area contributed by atoms with E-state index in [1.165, 1.54) is 7.11 Å². The number of likely N-dealkylation sites (N-methyl/N-ethyl adjacent to an activating group) is 1. The number of hydrogen-bond donors (Lipinski definition) is 2. The Hall–Kier alpha value is -2.45. The first-order valence-electron chi connectivity index (χ1n) is 5.14. The van der Waals surface area contributed by atoms with Crippen LogP contribution in [0.25, 0.3) is 0 Å². The van der Waals surface area contributed by atoms with Gasteiger partial charge in [0, 0.05) is 6.54 Å². The van der Waals surface area contributed by atoms with Crippen molar-refractivity contribution in [3.8, 4) is 5.88 Å². The third-order valence-corrected chi connectivity index (χ3v) is 1.95. The van der Waals surface area contributed by atoms with Crippen molar-refractivity contribution >= 4 is 17.4 Å². The standard InChI is InChI=1S/C9H13N5O4/c1-3-10-6(15)4-11-8-7(14(16)17)9(18-2)13-5-12-8/h5H,3-4H2,1-2H3,(H,10,15)(H,11,12,13). The SMILES string of the molecule is CCNC(=O)CNc1ncnc(OC)c1[N+](=O)[O-]. The number of carbonyl (C=O) groups excluding carboxylic acids is 1. The fourth-order valence-electron chi connectivity index (χ4n) is 1.23. The van der Waals surface area contributed by atoms with Gasteiger partial charge in [0.2, 0.25) is 11.7 Å². The molecule has 0 unspecified atom stereocenters. The average Bonchev–Trinajstić information content (AvgIpc) is 2.35. The average molecular weight is 255 g/mol. The van der Waals surface area contributed by atoms with Crippen molar-refractivity contribution in [2.24, 2.45) is 0 Å². The normalized spacial score (nSPS) is 9.67. The van der Waals surface area contributed by atoms with Gasteiger partial charge in [0.1, 0.15) is 6.33 Å². The summed E-state index contributed by atoms with van der Waals surface area (Å²) in [5.74, 6) is -0.504. The summed E-state index contributed by atoms with van der Waals surface area (Å²) in [6.07, 6.45) is 1.12. The number of amides is 1. The summed E-state index contributed by atoms with van der Waals surface area (Å²) in [4.78, 5) is 28.8. The molecule has 0 aromatic carbocycles. The summed E-state index contributed by atoms with van der Waals surface area (Å²) in [6, 6.07) is 0. The molecular weight excluding hydrogens is 242 g/mol. The first-order chi connectivity index (χ1) is 8.60.